The molecule has 1 aromatic rings. The minimum absolute atomic E-state index is 0.174. The van der Waals surface area contributed by atoms with E-state index in [9.17, 15) is 9.59 Å². The molecule has 0 spiro atoms. The molecule has 0 aromatic heterocycles. The third kappa shape index (κ3) is 4.73. The third-order valence-corrected chi connectivity index (χ3v) is 4.63. The van der Waals surface area contributed by atoms with Crippen molar-refractivity contribution in [2.45, 2.75) is 32.1 Å². The zero-order chi connectivity index (χ0) is 16.8. The summed E-state index contributed by atoms with van der Waals surface area (Å²) < 4.78 is 5.63. The molecule has 0 N–H and O–H groups in total. The number of carbonyl (C=O) groups excluding carboxylic acids is 2. The van der Waals surface area contributed by atoms with Gasteiger partial charge in [0.05, 0.1) is 6.61 Å². The van der Waals surface area contributed by atoms with Crippen LogP contribution in [0.4, 0.5) is 0 Å². The predicted octanol–water partition coefficient (Wildman–Crippen LogP) is 2.32. The second-order valence-corrected chi connectivity index (χ2v) is 6.60. The zero-order valence-corrected chi connectivity index (χ0v) is 14.2. The Kier molecular flexibility index (Phi) is 5.72. The van der Waals surface area contributed by atoms with Crippen molar-refractivity contribution < 1.29 is 14.3 Å². The number of hydrogen-bond donors (Lipinski definition) is 0. The van der Waals surface area contributed by atoms with Crippen LogP contribution in [-0.2, 0) is 9.59 Å². The molecule has 1 aliphatic heterocycles. The van der Waals surface area contributed by atoms with Crippen molar-refractivity contribution in [2.24, 2.45) is 5.92 Å². The monoisotopic (exact) mass is 330 g/mol. The van der Waals surface area contributed by atoms with Crippen LogP contribution in [0.15, 0.2) is 30.3 Å². The lowest BCUT2D eigenvalue weighted by Gasteiger charge is -2.22. The Balaban J connectivity index is 1.36. The van der Waals surface area contributed by atoms with Crippen molar-refractivity contribution in [1.82, 2.24) is 9.80 Å². The van der Waals surface area contributed by atoms with Gasteiger partial charge in [-0.2, -0.15) is 0 Å². The van der Waals surface area contributed by atoms with Crippen LogP contribution in [0.3, 0.4) is 0 Å². The van der Waals surface area contributed by atoms with Gasteiger partial charge in [0.15, 0.2) is 0 Å². The van der Waals surface area contributed by atoms with Crippen LogP contribution in [-0.4, -0.2) is 54.4 Å². The summed E-state index contributed by atoms with van der Waals surface area (Å²) in [5.41, 5.74) is 0. The Hall–Kier alpha value is -2.04. The van der Waals surface area contributed by atoms with E-state index in [4.69, 9.17) is 4.74 Å². The minimum atomic E-state index is 0.174. The number of carbonyl (C=O) groups is 2. The first-order valence-corrected chi connectivity index (χ1v) is 8.98. The van der Waals surface area contributed by atoms with E-state index < -0.39 is 0 Å². The van der Waals surface area contributed by atoms with E-state index in [1.54, 1.807) is 0 Å². The molecular formula is C19H26N2O3. The Morgan fingerprint density at radius 3 is 2.46 bits per heavy atom. The Labute approximate surface area is 143 Å². The van der Waals surface area contributed by atoms with Gasteiger partial charge in [-0.15, -0.1) is 0 Å². The van der Waals surface area contributed by atoms with Gasteiger partial charge in [-0.25, -0.2) is 0 Å². The van der Waals surface area contributed by atoms with Gasteiger partial charge in [0.1, 0.15) is 5.75 Å². The lowest BCUT2D eigenvalue weighted by molar-refractivity contribution is -0.134. The highest BCUT2D eigenvalue weighted by Gasteiger charge is 2.34. The Morgan fingerprint density at radius 1 is 1.00 bits per heavy atom. The van der Waals surface area contributed by atoms with Crippen molar-refractivity contribution >= 4 is 11.8 Å². The summed E-state index contributed by atoms with van der Waals surface area (Å²) in [5, 5.41) is 0. The fraction of sp³-hybridized carbons (Fsp3) is 0.579. The maximum atomic E-state index is 12.4. The average molecular weight is 330 g/mol. The van der Waals surface area contributed by atoms with Crippen molar-refractivity contribution in [2.75, 3.05) is 32.8 Å². The summed E-state index contributed by atoms with van der Waals surface area (Å²) in [6.07, 6.45) is 4.18. The first-order valence-electron chi connectivity index (χ1n) is 8.98. The molecular weight excluding hydrogens is 304 g/mol. The number of hydrogen-bond acceptors (Lipinski definition) is 3. The first-order chi connectivity index (χ1) is 11.7. The minimum Gasteiger partial charge on any atom is -0.494 e. The number of ether oxygens (including phenoxy) is 1. The van der Waals surface area contributed by atoms with Gasteiger partial charge >= 0.3 is 0 Å². The second kappa shape index (κ2) is 8.18. The molecule has 1 aliphatic carbocycles. The van der Waals surface area contributed by atoms with Crippen LogP contribution >= 0.6 is 0 Å². The predicted molar refractivity (Wildman–Crippen MR) is 91.7 cm³/mol. The summed E-state index contributed by atoms with van der Waals surface area (Å²) >= 11 is 0. The van der Waals surface area contributed by atoms with E-state index in [1.165, 1.54) is 0 Å². The lowest BCUT2D eigenvalue weighted by atomic mass is 10.2. The van der Waals surface area contributed by atoms with Gasteiger partial charge in [0, 0.05) is 38.5 Å². The van der Waals surface area contributed by atoms with Crippen LogP contribution < -0.4 is 4.74 Å². The molecule has 3 rings (SSSR count). The molecule has 24 heavy (non-hydrogen) atoms. The Bertz CT molecular complexity index is 557. The molecule has 1 heterocycles. The molecule has 1 saturated heterocycles. The van der Waals surface area contributed by atoms with E-state index in [0.29, 0.717) is 32.0 Å². The van der Waals surface area contributed by atoms with Crippen molar-refractivity contribution in [1.29, 1.82) is 0 Å². The molecule has 0 unspecified atom stereocenters. The number of benzene rings is 1. The fourth-order valence-electron chi connectivity index (χ4n) is 3.06. The normalized spacial score (nSPS) is 18.2. The van der Waals surface area contributed by atoms with E-state index in [2.05, 4.69) is 0 Å². The molecule has 0 radical (unpaired) electrons. The SMILES string of the molecule is O=C(CCCOc1ccccc1)N1CCCN(C(=O)C2CC2)CC1. The average Bonchev–Trinajstić information content (AvgIpc) is 3.45. The molecule has 1 saturated carbocycles. The summed E-state index contributed by atoms with van der Waals surface area (Å²) in [4.78, 5) is 28.3. The van der Waals surface area contributed by atoms with Crippen molar-refractivity contribution in [3.63, 3.8) is 0 Å². The van der Waals surface area contributed by atoms with Gasteiger partial charge in [-0.05, 0) is 37.8 Å². The van der Waals surface area contributed by atoms with Crippen LogP contribution in [0.5, 0.6) is 5.75 Å². The molecule has 5 heteroatoms. The lowest BCUT2D eigenvalue weighted by Crippen LogP contribution is -2.38. The summed E-state index contributed by atoms with van der Waals surface area (Å²) in [6.45, 7) is 3.44. The third-order valence-electron chi connectivity index (χ3n) is 4.63. The summed E-state index contributed by atoms with van der Waals surface area (Å²) in [7, 11) is 0. The van der Waals surface area contributed by atoms with Gasteiger partial charge in [0.2, 0.25) is 11.8 Å². The highest BCUT2D eigenvalue weighted by Crippen LogP contribution is 2.31. The quantitative estimate of drug-likeness (QED) is 0.752. The van der Waals surface area contributed by atoms with E-state index >= 15 is 0 Å². The van der Waals surface area contributed by atoms with Crippen molar-refractivity contribution in [3.8, 4) is 5.75 Å². The highest BCUT2D eigenvalue weighted by atomic mass is 16.5. The maximum Gasteiger partial charge on any atom is 0.225 e. The molecule has 1 aromatic carbocycles. The van der Waals surface area contributed by atoms with Gasteiger partial charge in [-0.3, -0.25) is 9.59 Å². The number of para-hydroxylation sites is 1. The van der Waals surface area contributed by atoms with E-state index in [0.717, 1.165) is 44.5 Å². The van der Waals surface area contributed by atoms with Gasteiger partial charge in [-0.1, -0.05) is 18.2 Å². The standard InChI is InChI=1S/C19H26N2O3/c22-18(8-4-15-24-17-6-2-1-3-7-17)20-11-5-12-21(14-13-20)19(23)16-9-10-16/h1-3,6-7,16H,4-5,8-15H2. The van der Waals surface area contributed by atoms with Crippen molar-refractivity contribution in [3.05, 3.63) is 30.3 Å². The van der Waals surface area contributed by atoms with Crippen LogP contribution in [0, 0.1) is 5.92 Å². The fourth-order valence-corrected chi connectivity index (χ4v) is 3.06. The van der Waals surface area contributed by atoms with Crippen LogP contribution in [0.25, 0.3) is 0 Å². The van der Waals surface area contributed by atoms with Crippen LogP contribution in [0.1, 0.15) is 32.1 Å². The van der Waals surface area contributed by atoms with Crippen LogP contribution in [0.2, 0.25) is 0 Å². The summed E-state index contributed by atoms with van der Waals surface area (Å²) in [6, 6.07) is 9.66. The smallest absolute Gasteiger partial charge is 0.225 e. The molecule has 2 amide bonds. The first kappa shape index (κ1) is 16.8. The zero-order valence-electron chi connectivity index (χ0n) is 14.2. The number of amides is 2. The van der Waals surface area contributed by atoms with Gasteiger partial charge < -0.3 is 14.5 Å². The topological polar surface area (TPSA) is 49.9 Å². The Morgan fingerprint density at radius 2 is 1.71 bits per heavy atom. The maximum absolute atomic E-state index is 12.4. The molecule has 5 nitrogen and oxygen atoms in total. The molecule has 0 bridgehead atoms. The molecule has 2 aliphatic rings. The van der Waals surface area contributed by atoms with E-state index in [-0.39, 0.29) is 11.8 Å². The molecule has 2 fully saturated rings. The molecule has 130 valence electrons. The second-order valence-electron chi connectivity index (χ2n) is 6.60. The number of rotatable bonds is 6. The van der Waals surface area contributed by atoms with E-state index in [1.807, 2.05) is 40.1 Å². The summed E-state index contributed by atoms with van der Waals surface area (Å²) in [5.74, 6) is 1.57. The largest absolute Gasteiger partial charge is 0.494 e. The molecule has 0 atom stereocenters. The van der Waals surface area contributed by atoms with Gasteiger partial charge in [0.25, 0.3) is 0 Å². The highest BCUT2D eigenvalue weighted by molar-refractivity contribution is 5.81. The number of nitrogens with zero attached hydrogens (tertiary/aromatic N) is 2.